The van der Waals surface area contributed by atoms with E-state index in [0.29, 0.717) is 19.3 Å². The minimum Gasteiger partial charge on any atom is -0.462 e. The van der Waals surface area contributed by atoms with E-state index in [-0.39, 0.29) is 37.5 Å². The van der Waals surface area contributed by atoms with E-state index < -0.39 is 6.10 Å². The highest BCUT2D eigenvalue weighted by Gasteiger charge is 2.19. The standard InChI is InChI=1S/C55H90O6/c1-4-7-10-13-16-19-22-25-27-29-30-33-36-39-42-45-48-54(57)60-51-52(50-59-53(56)47-44-41-38-35-32-24-21-18-15-12-9-6-3)61-55(58)49-46-43-40-37-34-31-28-26-23-20-17-14-11-8-5-2/h7,9-10,12,16,18-19,21,25,27,30,32-33,35,39,42,52H,4-6,8,11,13-15,17,20,22-24,26,28-29,31,34,36-38,40-41,43-51H2,1-3H3/b10-7-,12-9-,19-16-,21-18-,27-25-,33-30-,35-32-,42-39-. The topological polar surface area (TPSA) is 78.9 Å². The Bertz CT molecular complexity index is 1250. The molecule has 0 saturated heterocycles. The molecule has 0 amide bonds. The molecule has 0 radical (unpaired) electrons. The molecule has 0 aliphatic carbocycles. The van der Waals surface area contributed by atoms with E-state index in [0.717, 1.165) is 89.9 Å². The van der Waals surface area contributed by atoms with Crippen LogP contribution in [0.25, 0.3) is 0 Å². The quantitative estimate of drug-likeness (QED) is 0.0263. The van der Waals surface area contributed by atoms with Gasteiger partial charge in [0.15, 0.2) is 6.10 Å². The number of carbonyl (C=O) groups excluding carboxylic acids is 3. The van der Waals surface area contributed by atoms with Crippen molar-refractivity contribution in [1.29, 1.82) is 0 Å². The van der Waals surface area contributed by atoms with Crippen molar-refractivity contribution >= 4 is 17.9 Å². The zero-order chi connectivity index (χ0) is 44.4. The summed E-state index contributed by atoms with van der Waals surface area (Å²) in [6.45, 7) is 6.30. The fourth-order valence-corrected chi connectivity index (χ4v) is 6.45. The van der Waals surface area contributed by atoms with Crippen LogP contribution in [-0.4, -0.2) is 37.2 Å². The van der Waals surface area contributed by atoms with Crippen LogP contribution < -0.4 is 0 Å². The third-order valence-electron chi connectivity index (χ3n) is 10.1. The summed E-state index contributed by atoms with van der Waals surface area (Å²) >= 11 is 0. The molecule has 0 fully saturated rings. The van der Waals surface area contributed by atoms with Gasteiger partial charge in [0.25, 0.3) is 0 Å². The molecule has 0 aromatic rings. The predicted molar refractivity (Wildman–Crippen MR) is 260 cm³/mol. The second kappa shape index (κ2) is 49.0. The van der Waals surface area contributed by atoms with Crippen LogP contribution in [0.3, 0.4) is 0 Å². The lowest BCUT2D eigenvalue weighted by Gasteiger charge is -2.18. The molecule has 0 saturated carbocycles. The molecule has 6 nitrogen and oxygen atoms in total. The van der Waals surface area contributed by atoms with Crippen LogP contribution in [0.1, 0.15) is 213 Å². The lowest BCUT2D eigenvalue weighted by atomic mass is 10.0. The van der Waals surface area contributed by atoms with Crippen LogP contribution >= 0.6 is 0 Å². The monoisotopic (exact) mass is 847 g/mol. The third kappa shape index (κ3) is 47.2. The molecule has 0 aliphatic heterocycles. The van der Waals surface area contributed by atoms with E-state index in [9.17, 15) is 14.4 Å². The molecule has 0 heterocycles. The van der Waals surface area contributed by atoms with E-state index in [1.807, 2.05) is 12.2 Å². The number of ether oxygens (including phenoxy) is 3. The molecular weight excluding hydrogens is 757 g/mol. The molecule has 61 heavy (non-hydrogen) atoms. The van der Waals surface area contributed by atoms with Gasteiger partial charge in [-0.2, -0.15) is 0 Å². The highest BCUT2D eigenvalue weighted by atomic mass is 16.6. The average molecular weight is 847 g/mol. The van der Waals surface area contributed by atoms with Crippen molar-refractivity contribution in [3.05, 3.63) is 97.2 Å². The lowest BCUT2D eigenvalue weighted by molar-refractivity contribution is -0.166. The Morgan fingerprint density at radius 2 is 0.672 bits per heavy atom. The first kappa shape index (κ1) is 57.3. The zero-order valence-electron chi connectivity index (χ0n) is 39.4. The molecule has 1 atom stereocenters. The van der Waals surface area contributed by atoms with Gasteiger partial charge < -0.3 is 14.2 Å². The first-order chi connectivity index (χ1) is 30.0. The molecule has 1 unspecified atom stereocenters. The maximum atomic E-state index is 12.8. The summed E-state index contributed by atoms with van der Waals surface area (Å²) < 4.78 is 16.7. The van der Waals surface area contributed by atoms with Crippen molar-refractivity contribution in [2.45, 2.75) is 219 Å². The first-order valence-electron chi connectivity index (χ1n) is 24.7. The molecule has 6 heteroatoms. The zero-order valence-corrected chi connectivity index (χ0v) is 39.4. The lowest BCUT2D eigenvalue weighted by Crippen LogP contribution is -2.30. The van der Waals surface area contributed by atoms with E-state index in [4.69, 9.17) is 14.2 Å². The summed E-state index contributed by atoms with van der Waals surface area (Å²) in [6.07, 6.45) is 64.1. The van der Waals surface area contributed by atoms with Gasteiger partial charge in [-0.1, -0.05) is 208 Å². The first-order valence-corrected chi connectivity index (χ1v) is 24.7. The second-order valence-corrected chi connectivity index (χ2v) is 16.0. The van der Waals surface area contributed by atoms with E-state index in [1.54, 1.807) is 0 Å². The Balaban J connectivity index is 4.53. The summed E-state index contributed by atoms with van der Waals surface area (Å²) in [6, 6.07) is 0. The highest BCUT2D eigenvalue weighted by molar-refractivity contribution is 5.71. The molecule has 0 spiro atoms. The number of esters is 3. The second-order valence-electron chi connectivity index (χ2n) is 16.0. The van der Waals surface area contributed by atoms with E-state index >= 15 is 0 Å². The van der Waals surface area contributed by atoms with Crippen LogP contribution in [0.2, 0.25) is 0 Å². The minimum atomic E-state index is -0.820. The van der Waals surface area contributed by atoms with Crippen molar-refractivity contribution in [2.75, 3.05) is 13.2 Å². The Kier molecular flexibility index (Phi) is 46.0. The van der Waals surface area contributed by atoms with Gasteiger partial charge in [-0.25, -0.2) is 0 Å². The van der Waals surface area contributed by atoms with Crippen LogP contribution in [0, 0.1) is 0 Å². The molecule has 0 aromatic heterocycles. The third-order valence-corrected chi connectivity index (χ3v) is 10.1. The maximum absolute atomic E-state index is 12.8. The van der Waals surface area contributed by atoms with E-state index in [2.05, 4.69) is 106 Å². The Morgan fingerprint density at radius 1 is 0.344 bits per heavy atom. The van der Waals surface area contributed by atoms with Crippen LogP contribution in [0.5, 0.6) is 0 Å². The SMILES string of the molecule is CC/C=C\C/C=C\C/C=C\C/C=C\C/C=C\CCC(=O)OCC(COC(=O)CCCC/C=C\C/C=C\C/C=C\CC)OC(=O)CCCCCCCCCCCCCCCCC. The van der Waals surface area contributed by atoms with Crippen molar-refractivity contribution in [1.82, 2.24) is 0 Å². The molecule has 0 aromatic carbocycles. The smallest absolute Gasteiger partial charge is 0.306 e. The van der Waals surface area contributed by atoms with Crippen LogP contribution in [-0.2, 0) is 28.6 Å². The maximum Gasteiger partial charge on any atom is 0.306 e. The van der Waals surface area contributed by atoms with E-state index in [1.165, 1.54) is 77.0 Å². The Hall–Kier alpha value is -3.67. The van der Waals surface area contributed by atoms with Crippen LogP contribution in [0.4, 0.5) is 0 Å². The number of unbranched alkanes of at least 4 members (excludes halogenated alkanes) is 16. The van der Waals surface area contributed by atoms with Gasteiger partial charge in [-0.05, 0) is 83.5 Å². The normalized spacial score (nSPS) is 12.9. The van der Waals surface area contributed by atoms with Crippen LogP contribution in [0.15, 0.2) is 97.2 Å². The van der Waals surface area contributed by atoms with Gasteiger partial charge in [0.1, 0.15) is 13.2 Å². The van der Waals surface area contributed by atoms with Gasteiger partial charge in [0.2, 0.25) is 0 Å². The summed E-state index contributed by atoms with van der Waals surface area (Å²) in [5, 5.41) is 0. The number of allylic oxidation sites excluding steroid dienone is 16. The molecular formula is C55H90O6. The molecule has 0 N–H and O–H groups in total. The molecule has 0 bridgehead atoms. The van der Waals surface area contributed by atoms with Gasteiger partial charge in [-0.3, -0.25) is 14.4 Å². The predicted octanol–water partition coefficient (Wildman–Crippen LogP) is 16.2. The number of hydrogen-bond acceptors (Lipinski definition) is 6. The summed E-state index contributed by atoms with van der Waals surface area (Å²) in [7, 11) is 0. The summed E-state index contributed by atoms with van der Waals surface area (Å²) in [5.74, 6) is -1.04. The van der Waals surface area contributed by atoms with Crippen molar-refractivity contribution in [3.8, 4) is 0 Å². The Morgan fingerprint density at radius 3 is 1.10 bits per heavy atom. The molecule has 0 aliphatic rings. The summed E-state index contributed by atoms with van der Waals surface area (Å²) in [4.78, 5) is 37.8. The van der Waals surface area contributed by atoms with Gasteiger partial charge >= 0.3 is 17.9 Å². The highest BCUT2D eigenvalue weighted by Crippen LogP contribution is 2.14. The fraction of sp³-hybridized carbons (Fsp3) is 0.655. The average Bonchev–Trinajstić information content (AvgIpc) is 3.26. The number of hydrogen-bond donors (Lipinski definition) is 0. The van der Waals surface area contributed by atoms with Crippen molar-refractivity contribution in [3.63, 3.8) is 0 Å². The Labute approximate surface area is 375 Å². The van der Waals surface area contributed by atoms with Crippen molar-refractivity contribution < 1.29 is 28.6 Å². The van der Waals surface area contributed by atoms with Gasteiger partial charge in [-0.15, -0.1) is 0 Å². The van der Waals surface area contributed by atoms with Crippen molar-refractivity contribution in [2.24, 2.45) is 0 Å². The summed E-state index contributed by atoms with van der Waals surface area (Å²) in [5.41, 5.74) is 0. The minimum absolute atomic E-state index is 0.120. The molecule has 0 rings (SSSR count). The van der Waals surface area contributed by atoms with Gasteiger partial charge in [0, 0.05) is 19.3 Å². The fourth-order valence-electron chi connectivity index (χ4n) is 6.45. The number of rotatable bonds is 43. The molecule has 346 valence electrons. The van der Waals surface area contributed by atoms with Gasteiger partial charge in [0.05, 0.1) is 0 Å². The number of carbonyl (C=O) groups is 3. The largest absolute Gasteiger partial charge is 0.462 e.